The molecule has 1 aliphatic carbocycles. The van der Waals surface area contributed by atoms with Gasteiger partial charge in [-0.25, -0.2) is 4.79 Å². The van der Waals surface area contributed by atoms with Crippen LogP contribution < -0.4 is 20.3 Å². The summed E-state index contributed by atoms with van der Waals surface area (Å²) in [5.74, 6) is 1.02. The Morgan fingerprint density at radius 2 is 1.85 bits per heavy atom. The Hall–Kier alpha value is -3.10. The summed E-state index contributed by atoms with van der Waals surface area (Å²) in [5.41, 5.74) is 4.53. The number of benzene rings is 2. The number of nitrogens with one attached hydrogen (secondary N) is 2. The molecule has 2 aromatic rings. The van der Waals surface area contributed by atoms with Crippen LogP contribution in [0.1, 0.15) is 49.3 Å². The van der Waals surface area contributed by atoms with Crippen molar-refractivity contribution in [2.45, 2.75) is 64.8 Å². The predicted molar refractivity (Wildman–Crippen MR) is 156 cm³/mol. The van der Waals surface area contributed by atoms with Crippen molar-refractivity contribution in [3.8, 4) is 5.75 Å². The van der Waals surface area contributed by atoms with Crippen LogP contribution in [0.25, 0.3) is 0 Å². The molecule has 0 unspecified atom stereocenters. The number of carbonyl (C=O) groups is 2. The Labute approximate surface area is 233 Å². The Morgan fingerprint density at radius 3 is 2.54 bits per heavy atom. The molecule has 8 heteroatoms. The Morgan fingerprint density at radius 1 is 1.08 bits per heavy atom. The van der Waals surface area contributed by atoms with Gasteiger partial charge in [0.2, 0.25) is 5.91 Å². The van der Waals surface area contributed by atoms with Gasteiger partial charge in [0, 0.05) is 71.5 Å². The number of urea groups is 1. The van der Waals surface area contributed by atoms with E-state index in [9.17, 15) is 9.59 Å². The maximum absolute atomic E-state index is 13.4. The summed E-state index contributed by atoms with van der Waals surface area (Å²) in [6.45, 7) is 8.95. The molecule has 8 nitrogen and oxygen atoms in total. The number of carbonyl (C=O) groups excluding carboxylic acids is 2. The first-order valence-corrected chi connectivity index (χ1v) is 14.2. The zero-order chi connectivity index (χ0) is 27.9. The highest BCUT2D eigenvalue weighted by Gasteiger charge is 2.30. The molecule has 4 rings (SSSR count). The van der Waals surface area contributed by atoms with Crippen molar-refractivity contribution in [1.29, 1.82) is 0 Å². The van der Waals surface area contributed by atoms with Crippen molar-refractivity contribution in [2.75, 3.05) is 45.7 Å². The van der Waals surface area contributed by atoms with E-state index in [0.29, 0.717) is 12.6 Å². The molecule has 2 N–H and O–H groups in total. The molecule has 0 aromatic heterocycles. The maximum atomic E-state index is 13.4. The maximum Gasteiger partial charge on any atom is 0.317 e. The summed E-state index contributed by atoms with van der Waals surface area (Å²) in [7, 11) is 5.35. The van der Waals surface area contributed by atoms with E-state index < -0.39 is 0 Å². The molecule has 2 fully saturated rings. The normalized spacial score (nSPS) is 21.7. The van der Waals surface area contributed by atoms with Gasteiger partial charge < -0.3 is 25.2 Å². The molecule has 3 amide bonds. The monoisotopic (exact) mass is 535 g/mol. The topological polar surface area (TPSA) is 77.2 Å². The lowest BCUT2D eigenvalue weighted by Gasteiger charge is -2.32. The molecule has 1 atom stereocenters. The van der Waals surface area contributed by atoms with Gasteiger partial charge >= 0.3 is 6.03 Å². The van der Waals surface area contributed by atoms with E-state index in [2.05, 4.69) is 47.6 Å². The van der Waals surface area contributed by atoms with E-state index in [-0.39, 0.29) is 24.0 Å². The Balaban J connectivity index is 1.26. The molecule has 2 aliphatic rings. The lowest BCUT2D eigenvalue weighted by Crippen LogP contribution is -2.48. The SMILES string of the molecule is Cc1cc(N(C)C(=O)[C@H]2CC[C@H](Oc3cccc(CNC(=O)N(C)C)c3)CC2)ccc1CN1CCN[C@@H](C)C1. The Kier molecular flexibility index (Phi) is 9.86. The van der Waals surface area contributed by atoms with Crippen molar-refractivity contribution in [2.24, 2.45) is 5.92 Å². The third-order valence-electron chi connectivity index (χ3n) is 7.97. The molecule has 1 aliphatic heterocycles. The van der Waals surface area contributed by atoms with Gasteiger partial charge in [0.1, 0.15) is 5.75 Å². The van der Waals surface area contributed by atoms with Gasteiger partial charge in [-0.05, 0) is 80.5 Å². The molecule has 0 radical (unpaired) electrons. The third-order valence-corrected chi connectivity index (χ3v) is 7.97. The zero-order valence-electron chi connectivity index (χ0n) is 24.2. The fourth-order valence-electron chi connectivity index (χ4n) is 5.55. The summed E-state index contributed by atoms with van der Waals surface area (Å²) in [6, 6.07) is 14.7. The molecule has 1 saturated carbocycles. The molecule has 0 spiro atoms. The highest BCUT2D eigenvalue weighted by Crippen LogP contribution is 2.31. The van der Waals surface area contributed by atoms with Crippen molar-refractivity contribution in [3.63, 3.8) is 0 Å². The number of anilines is 1. The number of ether oxygens (including phenoxy) is 1. The van der Waals surface area contributed by atoms with Gasteiger partial charge in [-0.3, -0.25) is 9.69 Å². The minimum absolute atomic E-state index is 0.0183. The smallest absolute Gasteiger partial charge is 0.317 e. The summed E-state index contributed by atoms with van der Waals surface area (Å²) < 4.78 is 6.27. The van der Waals surface area contributed by atoms with E-state index in [1.807, 2.05) is 36.2 Å². The van der Waals surface area contributed by atoms with Crippen LogP contribution in [0.3, 0.4) is 0 Å². The lowest BCUT2D eigenvalue weighted by molar-refractivity contribution is -0.123. The predicted octanol–water partition coefficient (Wildman–Crippen LogP) is 4.16. The number of aryl methyl sites for hydroxylation is 1. The van der Waals surface area contributed by atoms with Gasteiger partial charge in [-0.15, -0.1) is 0 Å². The van der Waals surface area contributed by atoms with E-state index in [0.717, 1.165) is 68.9 Å². The second-order valence-electron chi connectivity index (χ2n) is 11.4. The average molecular weight is 536 g/mol. The van der Waals surface area contributed by atoms with E-state index in [1.54, 1.807) is 14.1 Å². The van der Waals surface area contributed by atoms with Crippen LogP contribution in [0, 0.1) is 12.8 Å². The number of amides is 3. The van der Waals surface area contributed by atoms with E-state index in [1.165, 1.54) is 16.0 Å². The quantitative estimate of drug-likeness (QED) is 0.531. The average Bonchev–Trinajstić information content (AvgIpc) is 2.92. The molecule has 1 heterocycles. The first-order chi connectivity index (χ1) is 18.7. The van der Waals surface area contributed by atoms with E-state index >= 15 is 0 Å². The van der Waals surface area contributed by atoms with Gasteiger partial charge in [-0.1, -0.05) is 18.2 Å². The fraction of sp³-hybridized carbons (Fsp3) is 0.548. The zero-order valence-corrected chi connectivity index (χ0v) is 24.2. The lowest BCUT2D eigenvalue weighted by atomic mass is 9.86. The summed E-state index contributed by atoms with van der Waals surface area (Å²) >= 11 is 0. The van der Waals surface area contributed by atoms with Crippen molar-refractivity contribution >= 4 is 17.6 Å². The number of piperazine rings is 1. The first kappa shape index (κ1) is 28.9. The molecule has 39 heavy (non-hydrogen) atoms. The summed E-state index contributed by atoms with van der Waals surface area (Å²) in [4.78, 5) is 31.0. The molecule has 2 aromatic carbocycles. The molecular formula is C31H45N5O3. The summed E-state index contributed by atoms with van der Waals surface area (Å²) in [6.07, 6.45) is 3.45. The number of nitrogens with zero attached hydrogens (tertiary/aromatic N) is 3. The molecule has 1 saturated heterocycles. The van der Waals surface area contributed by atoms with Gasteiger partial charge in [0.05, 0.1) is 6.10 Å². The van der Waals surface area contributed by atoms with Crippen molar-refractivity contribution in [1.82, 2.24) is 20.4 Å². The Bertz CT molecular complexity index is 1130. The standard InChI is InChI=1S/C31H45N5O3/c1-22-17-27(12-9-26(22)21-36-16-15-32-23(2)20-36)35(5)30(37)25-10-13-28(14-11-25)39-29-8-6-7-24(18-29)19-33-31(38)34(3)4/h6-9,12,17-18,23,25,28,32H,10-11,13-16,19-21H2,1-5H3,(H,33,38)/t23-,25-,28-/m0/s1. The van der Waals surface area contributed by atoms with Crippen LogP contribution in [-0.4, -0.2) is 74.7 Å². The van der Waals surface area contributed by atoms with Crippen LogP contribution in [-0.2, 0) is 17.9 Å². The van der Waals surface area contributed by atoms with Crippen LogP contribution in [0.4, 0.5) is 10.5 Å². The van der Waals surface area contributed by atoms with Crippen LogP contribution in [0.2, 0.25) is 0 Å². The minimum atomic E-state index is -0.120. The van der Waals surface area contributed by atoms with Gasteiger partial charge in [0.25, 0.3) is 0 Å². The van der Waals surface area contributed by atoms with Crippen LogP contribution in [0.15, 0.2) is 42.5 Å². The largest absolute Gasteiger partial charge is 0.490 e. The second kappa shape index (κ2) is 13.3. The van der Waals surface area contributed by atoms with Gasteiger partial charge in [-0.2, -0.15) is 0 Å². The summed E-state index contributed by atoms with van der Waals surface area (Å²) in [5, 5.41) is 6.38. The van der Waals surface area contributed by atoms with Crippen LogP contribution >= 0.6 is 0 Å². The first-order valence-electron chi connectivity index (χ1n) is 14.2. The number of hydrogen-bond acceptors (Lipinski definition) is 5. The number of rotatable bonds is 8. The minimum Gasteiger partial charge on any atom is -0.490 e. The van der Waals surface area contributed by atoms with Crippen molar-refractivity contribution < 1.29 is 14.3 Å². The second-order valence-corrected chi connectivity index (χ2v) is 11.4. The van der Waals surface area contributed by atoms with Crippen molar-refractivity contribution in [3.05, 3.63) is 59.2 Å². The fourth-order valence-corrected chi connectivity index (χ4v) is 5.55. The third kappa shape index (κ3) is 7.96. The van der Waals surface area contributed by atoms with Crippen LogP contribution in [0.5, 0.6) is 5.75 Å². The number of hydrogen-bond donors (Lipinski definition) is 2. The highest BCUT2D eigenvalue weighted by molar-refractivity contribution is 5.94. The van der Waals surface area contributed by atoms with E-state index in [4.69, 9.17) is 4.74 Å². The highest BCUT2D eigenvalue weighted by atomic mass is 16.5. The molecular weight excluding hydrogens is 490 g/mol. The van der Waals surface area contributed by atoms with Gasteiger partial charge in [0.15, 0.2) is 0 Å². The molecule has 212 valence electrons. The molecule has 0 bridgehead atoms.